The van der Waals surface area contributed by atoms with Gasteiger partial charge >= 0.3 is 5.97 Å². The van der Waals surface area contributed by atoms with Crippen LogP contribution in [0.5, 0.6) is 0 Å². The molecular formula is C12H16N4O4. The van der Waals surface area contributed by atoms with Gasteiger partial charge in [-0.3, -0.25) is 14.4 Å². The van der Waals surface area contributed by atoms with E-state index in [0.29, 0.717) is 23.4 Å². The molecule has 0 fully saturated rings. The highest BCUT2D eigenvalue weighted by atomic mass is 16.4. The molecule has 8 nitrogen and oxygen atoms in total. The number of hydrogen-bond acceptors (Lipinski definition) is 5. The van der Waals surface area contributed by atoms with Crippen molar-refractivity contribution in [2.75, 3.05) is 13.1 Å². The molecule has 0 aliphatic carbocycles. The number of carboxylic acids is 1. The predicted molar refractivity (Wildman–Crippen MR) is 69.1 cm³/mol. The minimum atomic E-state index is -1.15. The first-order valence-electron chi connectivity index (χ1n) is 6.04. The Kier molecular flexibility index (Phi) is 5.57. The summed E-state index contributed by atoms with van der Waals surface area (Å²) in [5, 5.41) is 20.7. The lowest BCUT2D eigenvalue weighted by atomic mass is 10.1. The number of aromatic nitrogens is 2. The van der Waals surface area contributed by atoms with E-state index in [1.165, 1.54) is 0 Å². The number of carbonyl (C=O) groups is 3. The van der Waals surface area contributed by atoms with Crippen molar-refractivity contribution in [3.63, 3.8) is 0 Å². The topological polar surface area (TPSA) is 121 Å². The van der Waals surface area contributed by atoms with Gasteiger partial charge in [0, 0.05) is 0 Å². The molecule has 1 heterocycles. The van der Waals surface area contributed by atoms with Gasteiger partial charge in [-0.2, -0.15) is 10.2 Å². The molecule has 8 heteroatoms. The third-order valence-corrected chi connectivity index (χ3v) is 2.42. The van der Waals surface area contributed by atoms with E-state index in [4.69, 9.17) is 5.11 Å². The summed E-state index contributed by atoms with van der Waals surface area (Å²) in [6.45, 7) is 2.78. The molecule has 0 aliphatic heterocycles. The molecule has 108 valence electrons. The quantitative estimate of drug-likeness (QED) is 0.632. The Morgan fingerprint density at radius 1 is 1.20 bits per heavy atom. The van der Waals surface area contributed by atoms with Crippen LogP contribution in [0.4, 0.5) is 0 Å². The molecule has 0 spiro atoms. The molecule has 1 rings (SSSR count). The van der Waals surface area contributed by atoms with Crippen LogP contribution in [0.3, 0.4) is 0 Å². The second-order valence-corrected chi connectivity index (χ2v) is 4.05. The SMILES string of the molecule is CCc1nnc(C)cc1C(=O)NCC(=O)NCC(=O)O. The second kappa shape index (κ2) is 7.17. The van der Waals surface area contributed by atoms with E-state index in [9.17, 15) is 14.4 Å². The Balaban J connectivity index is 2.61. The van der Waals surface area contributed by atoms with Crippen molar-refractivity contribution in [1.29, 1.82) is 0 Å². The molecule has 0 aromatic carbocycles. The van der Waals surface area contributed by atoms with Gasteiger partial charge in [-0.25, -0.2) is 0 Å². The average Bonchev–Trinajstić information content (AvgIpc) is 2.42. The fourth-order valence-electron chi connectivity index (χ4n) is 1.46. The van der Waals surface area contributed by atoms with E-state index in [2.05, 4.69) is 20.8 Å². The molecule has 2 amide bonds. The van der Waals surface area contributed by atoms with Gasteiger partial charge in [-0.05, 0) is 19.4 Å². The van der Waals surface area contributed by atoms with Crippen molar-refractivity contribution >= 4 is 17.8 Å². The number of carbonyl (C=O) groups excluding carboxylic acids is 2. The average molecular weight is 280 g/mol. The Bertz CT molecular complexity index is 530. The van der Waals surface area contributed by atoms with E-state index in [0.717, 1.165) is 0 Å². The molecule has 1 aromatic heterocycles. The lowest BCUT2D eigenvalue weighted by molar-refractivity contribution is -0.137. The summed E-state index contributed by atoms with van der Waals surface area (Å²) in [6.07, 6.45) is 0.543. The van der Waals surface area contributed by atoms with E-state index >= 15 is 0 Å². The first-order valence-corrected chi connectivity index (χ1v) is 6.04. The van der Waals surface area contributed by atoms with Crippen LogP contribution in [0.2, 0.25) is 0 Å². The van der Waals surface area contributed by atoms with Gasteiger partial charge in [-0.15, -0.1) is 0 Å². The van der Waals surface area contributed by atoms with Crippen LogP contribution in [0.25, 0.3) is 0 Å². The van der Waals surface area contributed by atoms with Crippen molar-refractivity contribution in [3.8, 4) is 0 Å². The normalized spacial score (nSPS) is 9.90. The van der Waals surface area contributed by atoms with Crippen LogP contribution in [0.15, 0.2) is 6.07 Å². The molecule has 0 bridgehead atoms. The smallest absolute Gasteiger partial charge is 0.322 e. The minimum absolute atomic E-state index is 0.295. The Hall–Kier alpha value is -2.51. The molecule has 0 aliphatic rings. The molecule has 1 aromatic rings. The van der Waals surface area contributed by atoms with Crippen LogP contribution in [0, 0.1) is 6.92 Å². The highest BCUT2D eigenvalue weighted by Gasteiger charge is 2.14. The first-order chi connectivity index (χ1) is 9.43. The highest BCUT2D eigenvalue weighted by molar-refractivity contribution is 5.97. The molecule has 20 heavy (non-hydrogen) atoms. The molecule has 0 atom stereocenters. The lowest BCUT2D eigenvalue weighted by Gasteiger charge is -2.08. The van der Waals surface area contributed by atoms with E-state index in [1.807, 2.05) is 6.92 Å². The fourth-order valence-corrected chi connectivity index (χ4v) is 1.46. The Labute approximate surface area is 115 Å². The van der Waals surface area contributed by atoms with Crippen LogP contribution in [0.1, 0.15) is 28.7 Å². The number of rotatable bonds is 6. The van der Waals surface area contributed by atoms with Crippen LogP contribution in [-0.4, -0.2) is 46.2 Å². The third-order valence-electron chi connectivity index (χ3n) is 2.42. The molecule has 0 saturated carbocycles. The highest BCUT2D eigenvalue weighted by Crippen LogP contribution is 2.07. The zero-order valence-electron chi connectivity index (χ0n) is 11.3. The number of nitrogens with zero attached hydrogens (tertiary/aromatic N) is 2. The number of carboxylic acid groups (broad SMARTS) is 1. The summed E-state index contributed by atoms with van der Waals surface area (Å²) in [5.74, 6) is -2.16. The van der Waals surface area contributed by atoms with Gasteiger partial charge in [0.05, 0.1) is 23.5 Å². The van der Waals surface area contributed by atoms with Gasteiger partial charge in [0.25, 0.3) is 5.91 Å². The van der Waals surface area contributed by atoms with Crippen LogP contribution in [-0.2, 0) is 16.0 Å². The summed E-state index contributed by atoms with van der Waals surface area (Å²) in [7, 11) is 0. The lowest BCUT2D eigenvalue weighted by Crippen LogP contribution is -2.39. The monoisotopic (exact) mass is 280 g/mol. The van der Waals surface area contributed by atoms with Crippen molar-refractivity contribution in [1.82, 2.24) is 20.8 Å². The summed E-state index contributed by atoms with van der Waals surface area (Å²) in [5.41, 5.74) is 1.51. The number of aryl methyl sites for hydroxylation is 2. The maximum absolute atomic E-state index is 11.9. The van der Waals surface area contributed by atoms with E-state index in [1.54, 1.807) is 13.0 Å². The van der Waals surface area contributed by atoms with Gasteiger partial charge in [0.15, 0.2) is 0 Å². The van der Waals surface area contributed by atoms with Crippen molar-refractivity contribution in [3.05, 3.63) is 23.0 Å². The van der Waals surface area contributed by atoms with Gasteiger partial charge in [0.1, 0.15) is 6.54 Å². The van der Waals surface area contributed by atoms with Gasteiger partial charge < -0.3 is 15.7 Å². The molecule has 0 radical (unpaired) electrons. The molecule has 0 saturated heterocycles. The summed E-state index contributed by atoms with van der Waals surface area (Å²) in [6, 6.07) is 1.59. The van der Waals surface area contributed by atoms with Crippen LogP contribution < -0.4 is 10.6 Å². The van der Waals surface area contributed by atoms with E-state index in [-0.39, 0.29) is 6.54 Å². The molecule has 3 N–H and O–H groups in total. The van der Waals surface area contributed by atoms with Crippen molar-refractivity contribution in [2.24, 2.45) is 0 Å². The third kappa shape index (κ3) is 4.63. The minimum Gasteiger partial charge on any atom is -0.480 e. The molecular weight excluding hydrogens is 264 g/mol. The van der Waals surface area contributed by atoms with Crippen LogP contribution >= 0.6 is 0 Å². The zero-order chi connectivity index (χ0) is 15.1. The standard InChI is InChI=1S/C12H16N4O4/c1-3-9-8(4-7(2)15-16-9)12(20)14-5-10(17)13-6-11(18)19/h4H,3,5-6H2,1-2H3,(H,13,17)(H,14,20)(H,18,19). The first kappa shape index (κ1) is 15.5. The largest absolute Gasteiger partial charge is 0.480 e. The second-order valence-electron chi connectivity index (χ2n) is 4.05. The maximum Gasteiger partial charge on any atom is 0.322 e. The number of hydrogen-bond donors (Lipinski definition) is 3. The summed E-state index contributed by atoms with van der Waals surface area (Å²) >= 11 is 0. The number of amides is 2. The number of aliphatic carboxylic acids is 1. The fraction of sp³-hybridized carbons (Fsp3) is 0.417. The van der Waals surface area contributed by atoms with Crippen molar-refractivity contribution in [2.45, 2.75) is 20.3 Å². The van der Waals surface area contributed by atoms with Gasteiger partial charge in [-0.1, -0.05) is 6.92 Å². The zero-order valence-corrected chi connectivity index (χ0v) is 11.3. The maximum atomic E-state index is 11.9. The predicted octanol–water partition coefficient (Wildman–Crippen LogP) is -0.722. The molecule has 0 unspecified atom stereocenters. The summed E-state index contributed by atoms with van der Waals surface area (Å²) in [4.78, 5) is 33.5. The Morgan fingerprint density at radius 3 is 2.50 bits per heavy atom. The van der Waals surface area contributed by atoms with E-state index < -0.39 is 24.3 Å². The summed E-state index contributed by atoms with van der Waals surface area (Å²) < 4.78 is 0. The van der Waals surface area contributed by atoms with Gasteiger partial charge in [0.2, 0.25) is 5.91 Å². The Morgan fingerprint density at radius 2 is 1.90 bits per heavy atom. The number of nitrogens with one attached hydrogen (secondary N) is 2. The van der Waals surface area contributed by atoms with Crippen molar-refractivity contribution < 1.29 is 19.5 Å².